The van der Waals surface area contributed by atoms with Crippen LogP contribution in [0.1, 0.15) is 36.8 Å². The van der Waals surface area contributed by atoms with Crippen LogP contribution >= 0.6 is 0 Å². The molecule has 1 fully saturated rings. The standard InChI is InChI=1S/C15H21NO2/c17-14-3-1-2-13(9-14)16-7-6-11-8-15(18)5-4-12(11)10-16/h4-5,8,13-14,17-18H,1-3,6-7,9-10H2/t13-,14+/m0/s1. The van der Waals surface area contributed by atoms with Gasteiger partial charge in [0, 0.05) is 19.1 Å². The minimum atomic E-state index is -0.107. The van der Waals surface area contributed by atoms with E-state index >= 15 is 0 Å². The van der Waals surface area contributed by atoms with Crippen LogP contribution in [0.5, 0.6) is 5.75 Å². The van der Waals surface area contributed by atoms with Crippen molar-refractivity contribution < 1.29 is 10.2 Å². The molecular formula is C15H21NO2. The van der Waals surface area contributed by atoms with Gasteiger partial charge >= 0.3 is 0 Å². The summed E-state index contributed by atoms with van der Waals surface area (Å²) in [6.45, 7) is 2.01. The van der Waals surface area contributed by atoms with Crippen LogP contribution in [-0.2, 0) is 13.0 Å². The van der Waals surface area contributed by atoms with Crippen LogP contribution < -0.4 is 0 Å². The van der Waals surface area contributed by atoms with Crippen molar-refractivity contribution in [2.75, 3.05) is 6.54 Å². The average Bonchev–Trinajstić information content (AvgIpc) is 2.38. The average molecular weight is 247 g/mol. The van der Waals surface area contributed by atoms with Gasteiger partial charge in [0.25, 0.3) is 0 Å². The Labute approximate surface area is 108 Å². The van der Waals surface area contributed by atoms with Crippen molar-refractivity contribution in [3.05, 3.63) is 29.3 Å². The molecule has 1 aromatic carbocycles. The highest BCUT2D eigenvalue weighted by molar-refractivity contribution is 5.36. The second-order valence-electron chi connectivity index (χ2n) is 5.65. The Morgan fingerprint density at radius 3 is 2.89 bits per heavy atom. The van der Waals surface area contributed by atoms with E-state index in [1.807, 2.05) is 12.1 Å². The van der Waals surface area contributed by atoms with Crippen LogP contribution in [0.4, 0.5) is 0 Å². The van der Waals surface area contributed by atoms with Gasteiger partial charge in [-0.15, -0.1) is 0 Å². The number of aliphatic hydroxyl groups is 1. The number of hydrogen-bond donors (Lipinski definition) is 2. The number of fused-ring (bicyclic) bond motifs is 1. The Bertz CT molecular complexity index is 433. The van der Waals surface area contributed by atoms with Gasteiger partial charge in [0.15, 0.2) is 0 Å². The lowest BCUT2D eigenvalue weighted by Crippen LogP contribution is -2.42. The van der Waals surface area contributed by atoms with Crippen molar-refractivity contribution in [2.24, 2.45) is 0 Å². The molecule has 2 atom stereocenters. The van der Waals surface area contributed by atoms with E-state index in [0.29, 0.717) is 11.8 Å². The van der Waals surface area contributed by atoms with Crippen LogP contribution in [0.25, 0.3) is 0 Å². The summed E-state index contributed by atoms with van der Waals surface area (Å²) in [5.41, 5.74) is 2.61. The third-order valence-electron chi connectivity index (χ3n) is 4.37. The van der Waals surface area contributed by atoms with Crippen LogP contribution in [0.15, 0.2) is 18.2 Å². The summed E-state index contributed by atoms with van der Waals surface area (Å²) in [4.78, 5) is 2.50. The highest BCUT2D eigenvalue weighted by Gasteiger charge is 2.28. The summed E-state index contributed by atoms with van der Waals surface area (Å²) < 4.78 is 0. The smallest absolute Gasteiger partial charge is 0.115 e. The molecule has 1 heterocycles. The molecule has 0 bridgehead atoms. The van der Waals surface area contributed by atoms with Gasteiger partial charge in [0.05, 0.1) is 6.10 Å². The molecule has 0 saturated heterocycles. The number of rotatable bonds is 1. The Balaban J connectivity index is 1.72. The molecule has 2 N–H and O–H groups in total. The zero-order chi connectivity index (χ0) is 12.5. The maximum atomic E-state index is 9.78. The molecular weight excluding hydrogens is 226 g/mol. The van der Waals surface area contributed by atoms with E-state index in [0.717, 1.165) is 38.8 Å². The number of hydrogen-bond acceptors (Lipinski definition) is 3. The van der Waals surface area contributed by atoms with E-state index < -0.39 is 0 Å². The highest BCUT2D eigenvalue weighted by atomic mass is 16.3. The van der Waals surface area contributed by atoms with Crippen LogP contribution in [0.2, 0.25) is 0 Å². The SMILES string of the molecule is Oc1ccc2c(c1)CCN([C@H]1CCC[C@@H](O)C1)C2. The molecule has 3 rings (SSSR count). The molecule has 98 valence electrons. The predicted octanol–water partition coefficient (Wildman–Crippen LogP) is 2.05. The number of aromatic hydroxyl groups is 1. The fourth-order valence-electron chi connectivity index (χ4n) is 3.34. The number of benzene rings is 1. The fourth-order valence-corrected chi connectivity index (χ4v) is 3.34. The molecule has 1 aromatic rings. The van der Waals surface area contributed by atoms with Crippen LogP contribution in [0.3, 0.4) is 0 Å². The minimum absolute atomic E-state index is 0.107. The van der Waals surface area contributed by atoms with Gasteiger partial charge in [0.2, 0.25) is 0 Å². The molecule has 1 aliphatic carbocycles. The van der Waals surface area contributed by atoms with Gasteiger partial charge in [-0.05, 0) is 55.4 Å². The molecule has 0 radical (unpaired) electrons. The third-order valence-corrected chi connectivity index (χ3v) is 4.37. The lowest BCUT2D eigenvalue weighted by molar-refractivity contribution is 0.0556. The van der Waals surface area contributed by atoms with E-state index in [1.54, 1.807) is 6.07 Å². The first-order chi connectivity index (χ1) is 8.72. The first-order valence-electron chi connectivity index (χ1n) is 6.95. The second kappa shape index (κ2) is 4.90. The van der Waals surface area contributed by atoms with Crippen molar-refractivity contribution in [2.45, 2.75) is 50.8 Å². The van der Waals surface area contributed by atoms with Gasteiger partial charge in [-0.1, -0.05) is 6.07 Å². The Morgan fingerprint density at radius 1 is 1.17 bits per heavy atom. The van der Waals surface area contributed by atoms with E-state index in [4.69, 9.17) is 0 Å². The first-order valence-corrected chi connectivity index (χ1v) is 6.95. The highest BCUT2D eigenvalue weighted by Crippen LogP contribution is 2.29. The number of phenolic OH excluding ortho intramolecular Hbond substituents is 1. The molecule has 0 amide bonds. The van der Waals surface area contributed by atoms with Gasteiger partial charge in [-0.3, -0.25) is 4.90 Å². The largest absolute Gasteiger partial charge is 0.508 e. The van der Waals surface area contributed by atoms with Crippen molar-refractivity contribution in [3.63, 3.8) is 0 Å². The summed E-state index contributed by atoms with van der Waals surface area (Å²) in [7, 11) is 0. The summed E-state index contributed by atoms with van der Waals surface area (Å²) >= 11 is 0. The quantitative estimate of drug-likeness (QED) is 0.798. The fraction of sp³-hybridized carbons (Fsp3) is 0.600. The van der Waals surface area contributed by atoms with Gasteiger partial charge in [-0.25, -0.2) is 0 Å². The maximum Gasteiger partial charge on any atom is 0.115 e. The summed E-state index contributed by atoms with van der Waals surface area (Å²) in [5, 5.41) is 19.3. The van der Waals surface area contributed by atoms with Crippen molar-refractivity contribution >= 4 is 0 Å². The monoisotopic (exact) mass is 247 g/mol. The van der Waals surface area contributed by atoms with E-state index in [2.05, 4.69) is 4.90 Å². The van der Waals surface area contributed by atoms with Crippen LogP contribution in [0, 0.1) is 0 Å². The van der Waals surface area contributed by atoms with Gasteiger partial charge in [-0.2, -0.15) is 0 Å². The lowest BCUT2D eigenvalue weighted by Gasteiger charge is -2.39. The molecule has 0 aromatic heterocycles. The van der Waals surface area contributed by atoms with Gasteiger partial charge in [0.1, 0.15) is 5.75 Å². The molecule has 3 heteroatoms. The number of aliphatic hydroxyl groups excluding tert-OH is 1. The Kier molecular flexibility index (Phi) is 3.27. The van der Waals surface area contributed by atoms with E-state index in [1.165, 1.54) is 17.5 Å². The molecule has 1 aliphatic heterocycles. The predicted molar refractivity (Wildman–Crippen MR) is 70.5 cm³/mol. The Hall–Kier alpha value is -1.06. The first kappa shape index (κ1) is 12.0. The Morgan fingerprint density at radius 2 is 2.06 bits per heavy atom. The van der Waals surface area contributed by atoms with Crippen molar-refractivity contribution in [1.29, 1.82) is 0 Å². The lowest BCUT2D eigenvalue weighted by atomic mass is 9.89. The molecule has 3 nitrogen and oxygen atoms in total. The molecule has 1 saturated carbocycles. The second-order valence-corrected chi connectivity index (χ2v) is 5.65. The van der Waals surface area contributed by atoms with Gasteiger partial charge < -0.3 is 10.2 Å². The molecule has 0 unspecified atom stereocenters. The molecule has 2 aliphatic rings. The van der Waals surface area contributed by atoms with E-state index in [-0.39, 0.29) is 6.10 Å². The van der Waals surface area contributed by atoms with Crippen molar-refractivity contribution in [3.8, 4) is 5.75 Å². The zero-order valence-corrected chi connectivity index (χ0v) is 10.7. The maximum absolute atomic E-state index is 9.78. The summed E-state index contributed by atoms with van der Waals surface area (Å²) in [5.74, 6) is 0.371. The topological polar surface area (TPSA) is 43.7 Å². The normalized spacial score (nSPS) is 28.9. The van der Waals surface area contributed by atoms with Crippen molar-refractivity contribution in [1.82, 2.24) is 4.90 Å². The summed E-state index contributed by atoms with van der Waals surface area (Å²) in [6, 6.07) is 6.24. The minimum Gasteiger partial charge on any atom is -0.508 e. The van der Waals surface area contributed by atoms with E-state index in [9.17, 15) is 10.2 Å². The third kappa shape index (κ3) is 2.38. The van der Waals surface area contributed by atoms with Crippen LogP contribution in [-0.4, -0.2) is 33.8 Å². The molecule has 0 spiro atoms. The summed E-state index contributed by atoms with van der Waals surface area (Å²) in [6.07, 6.45) is 5.15. The number of nitrogens with zero attached hydrogens (tertiary/aromatic N) is 1. The number of phenols is 1. The zero-order valence-electron chi connectivity index (χ0n) is 10.7. The molecule has 18 heavy (non-hydrogen) atoms.